The molecule has 0 unspecified atom stereocenters. The summed E-state index contributed by atoms with van der Waals surface area (Å²) in [5.74, 6) is 0. The third kappa shape index (κ3) is 9.71. The second kappa shape index (κ2) is 24.4. The fourth-order valence-electron chi connectivity index (χ4n) is 0. The molecular weight excluding hydrogens is 312 g/mol. The molecule has 0 fully saturated rings. The van der Waals surface area contributed by atoms with E-state index in [-0.39, 0.29) is 54.5 Å². The molecule has 0 aliphatic heterocycles. The van der Waals surface area contributed by atoms with E-state index in [1.54, 1.807) is 0 Å². The van der Waals surface area contributed by atoms with Gasteiger partial charge in [0.05, 0.1) is 0 Å². The first-order chi connectivity index (χ1) is 1.00. The van der Waals surface area contributed by atoms with Gasteiger partial charge in [-0.2, -0.15) is 0 Å². The Labute approximate surface area is 57.0 Å². The first kappa shape index (κ1) is 17.8. The Morgan fingerprint density at radius 3 is 1.25 bits per heavy atom. The summed E-state index contributed by atoms with van der Waals surface area (Å²) in [7, 11) is 0. The molecule has 0 aliphatic carbocycles. The molecule has 0 amide bonds. The van der Waals surface area contributed by atoms with Crippen LogP contribution in [0.1, 0.15) is 0 Å². The van der Waals surface area contributed by atoms with Crippen molar-refractivity contribution in [3.8, 4) is 0 Å². The van der Waals surface area contributed by atoms with Crippen LogP contribution in [0.2, 0.25) is 0 Å². The van der Waals surface area contributed by atoms with Gasteiger partial charge >= 0.3 is 27.5 Å². The third-order valence-electron chi connectivity index (χ3n) is 0. The normalized spacial score (nSPS) is 1.00. The Morgan fingerprint density at radius 2 is 1.25 bits per heavy atom. The molecule has 0 aromatic heterocycles. The van der Waals surface area contributed by atoms with Crippen molar-refractivity contribution >= 4 is 37.1 Å². The van der Waals surface area contributed by atoms with E-state index in [1.807, 2.05) is 0 Å². The predicted molar refractivity (Wildman–Crippen MR) is 13.7 cm³/mol. The van der Waals surface area contributed by atoms with Crippen molar-refractivity contribution in [2.75, 3.05) is 0 Å². The summed E-state index contributed by atoms with van der Waals surface area (Å²) in [5.41, 5.74) is 0. The summed E-state index contributed by atoms with van der Waals surface area (Å²) in [6.07, 6.45) is 0. The first-order valence-corrected chi connectivity index (χ1v) is 1.60. The first-order valence-electron chi connectivity index (χ1n) is 0.183. The van der Waals surface area contributed by atoms with Gasteiger partial charge in [0, 0.05) is 17.4 Å². The van der Waals surface area contributed by atoms with Gasteiger partial charge in [0.15, 0.2) is 0 Å². The molecule has 0 spiro atoms. The van der Waals surface area contributed by atoms with Gasteiger partial charge in [-0.15, -0.1) is 12.4 Å². The van der Waals surface area contributed by atoms with Gasteiger partial charge in [0.2, 0.25) is 0 Å². The molecule has 1 nitrogen and oxygen atoms in total. The molecule has 0 bridgehead atoms. The summed E-state index contributed by atoms with van der Waals surface area (Å²) in [6, 6.07) is 0. The zero-order valence-electron chi connectivity index (χ0n) is 1.67. The van der Waals surface area contributed by atoms with Gasteiger partial charge in [-0.05, 0) is 0 Å². The number of rotatable bonds is 0. The molecule has 0 saturated carbocycles. The van der Waals surface area contributed by atoms with Crippen molar-refractivity contribution in [1.82, 2.24) is 0 Å². The Morgan fingerprint density at radius 1 is 1.25 bits per heavy atom. The van der Waals surface area contributed by atoms with Gasteiger partial charge in [-0.3, -0.25) is 0 Å². The Kier molecular flexibility index (Phi) is 109. The van der Waals surface area contributed by atoms with E-state index in [9.17, 15) is 0 Å². The van der Waals surface area contributed by atoms with Gasteiger partial charge in [-0.1, -0.05) is 0 Å². The van der Waals surface area contributed by atoms with E-state index < -0.39 is 0 Å². The molecule has 4 heteroatoms. The van der Waals surface area contributed by atoms with E-state index in [2.05, 4.69) is 0 Å². The summed E-state index contributed by atoms with van der Waals surface area (Å²) in [6.45, 7) is 0. The van der Waals surface area contributed by atoms with Gasteiger partial charge in [0.1, 0.15) is 0 Å². The molecule has 1 radical (unpaired) electrons. The zero-order chi connectivity index (χ0) is 2.00. The van der Waals surface area contributed by atoms with Crippen molar-refractivity contribution in [1.29, 1.82) is 0 Å². The summed E-state index contributed by atoms with van der Waals surface area (Å²) < 4.78 is 8.36. The molecule has 0 N–H and O–H groups in total. The molecule has 0 aromatic rings. The van der Waals surface area contributed by atoms with Crippen LogP contribution in [0.5, 0.6) is 0 Å². The monoisotopic (exact) mass is 313 g/mol. The maximum absolute atomic E-state index is 8.36. The van der Waals surface area contributed by atoms with Crippen LogP contribution in [0.25, 0.3) is 0 Å². The molecule has 0 rings (SSSR count). The summed E-state index contributed by atoms with van der Waals surface area (Å²) in [4.78, 5) is 0. The van der Waals surface area contributed by atoms with Crippen LogP contribution in [0.15, 0.2) is 0 Å². The van der Waals surface area contributed by atoms with Gasteiger partial charge < -0.3 is 0 Å². The van der Waals surface area contributed by atoms with Crippen molar-refractivity contribution in [2.24, 2.45) is 0 Å². The van der Waals surface area contributed by atoms with Crippen molar-refractivity contribution in [2.45, 2.75) is 0 Å². The number of hydrogen-bond donors (Lipinski definition) is 0. The van der Waals surface area contributed by atoms with Gasteiger partial charge in [-0.25, -0.2) is 0 Å². The summed E-state index contributed by atoms with van der Waals surface area (Å²) >= 11 is 0.194. The topological polar surface area (TPSA) is 17.1 Å². The van der Waals surface area contributed by atoms with E-state index in [0.29, 0.717) is 0 Å². The van der Waals surface area contributed by atoms with Crippen LogP contribution in [-0.4, -0.2) is 24.7 Å². The van der Waals surface area contributed by atoms with Crippen LogP contribution in [0, 0.1) is 0 Å². The minimum atomic E-state index is 0. The van der Waals surface area contributed by atoms with Crippen molar-refractivity contribution in [3.05, 3.63) is 0 Å². The average molecular weight is 313 g/mol. The molecule has 25 valence electrons. The quantitative estimate of drug-likeness (QED) is 0.572. The van der Waals surface area contributed by atoms with Crippen LogP contribution in [0.4, 0.5) is 0 Å². The van der Waals surface area contributed by atoms with Crippen molar-refractivity contribution in [3.63, 3.8) is 0 Å². The molecule has 0 atom stereocenters. The Hall–Kier alpha value is 1.51. The standard InChI is InChI=1S/Bi.ClH.Cr.O/h;1H;;. The van der Waals surface area contributed by atoms with Crippen molar-refractivity contribution < 1.29 is 20.2 Å². The third-order valence-corrected chi connectivity index (χ3v) is 0. The average Bonchev–Trinajstić information content (AvgIpc) is 1.00. The van der Waals surface area contributed by atoms with Crippen LogP contribution < -0.4 is 0 Å². The number of halogens is 1. The van der Waals surface area contributed by atoms with Crippen LogP contribution >= 0.6 is 12.4 Å². The second-order valence-corrected chi connectivity index (χ2v) is 0. The Bertz CT molecular complexity index is 8.00. The predicted octanol–water partition coefficient (Wildman–Crippen LogP) is -0.0803. The SMILES string of the molecule is Cl.[Cr].[O]=[Bi]. The second-order valence-electron chi connectivity index (χ2n) is 0. The Balaban J connectivity index is -0.00000000500. The molecule has 0 aromatic carbocycles. The fraction of sp³-hybridized carbons (Fsp3) is 0. The minimum absolute atomic E-state index is 0. The van der Waals surface area contributed by atoms with E-state index >= 15 is 0 Å². The molecular formula is HBiClCrO. The van der Waals surface area contributed by atoms with E-state index in [0.717, 1.165) is 0 Å². The molecule has 0 saturated heterocycles. The van der Waals surface area contributed by atoms with E-state index in [4.69, 9.17) is 2.81 Å². The summed E-state index contributed by atoms with van der Waals surface area (Å²) in [5, 5.41) is 0. The van der Waals surface area contributed by atoms with Crippen LogP contribution in [-0.2, 0) is 20.2 Å². The molecule has 4 heavy (non-hydrogen) atoms. The number of hydrogen-bond acceptors (Lipinski definition) is 1. The molecule has 0 aliphatic rings. The maximum atomic E-state index is 8.36. The fourth-order valence-corrected chi connectivity index (χ4v) is 0. The van der Waals surface area contributed by atoms with Crippen LogP contribution in [0.3, 0.4) is 0 Å². The zero-order valence-corrected chi connectivity index (χ0v) is 7.24. The van der Waals surface area contributed by atoms with Gasteiger partial charge in [0.25, 0.3) is 0 Å². The molecule has 0 heterocycles. The van der Waals surface area contributed by atoms with E-state index in [1.165, 1.54) is 0 Å².